The number of carbonyl (C=O) groups excluding carboxylic acids is 3. The number of likely N-dealkylation sites (tertiary alicyclic amines) is 1. The molecular weight excluding hydrogens is 444 g/mol. The highest BCUT2D eigenvalue weighted by Crippen LogP contribution is 2.30. The number of benzene rings is 1. The molecule has 0 spiro atoms. The Hall–Kier alpha value is -2.16. The number of carbonyl (C=O) groups is 3. The quantitative estimate of drug-likeness (QED) is 0.590. The Kier molecular flexibility index (Phi) is 8.22. The molecule has 0 atom stereocenters. The molecule has 1 aromatic carbocycles. The molecule has 9 heteroatoms. The van der Waals surface area contributed by atoms with Gasteiger partial charge in [0, 0.05) is 44.8 Å². The standard InChI is InChI=1S/C24H33ClN4O4/c25-20-2-1-19(15-21(20)29-13-7-22(30)27-24(29)32)23(31)28-11-5-17(6-12-28)8-14-33-16-18-3-9-26-10-4-18/h1-2,15,17-18,26H,3-14,16H2,(H,27,30,32). The van der Waals surface area contributed by atoms with Crippen LogP contribution in [0.2, 0.25) is 5.02 Å². The third kappa shape index (κ3) is 6.25. The molecule has 0 saturated carbocycles. The number of urea groups is 1. The number of amides is 4. The Morgan fingerprint density at radius 3 is 2.55 bits per heavy atom. The summed E-state index contributed by atoms with van der Waals surface area (Å²) in [5.41, 5.74) is 0.955. The third-order valence-electron chi connectivity index (χ3n) is 6.92. The van der Waals surface area contributed by atoms with E-state index in [4.69, 9.17) is 16.3 Å². The van der Waals surface area contributed by atoms with Gasteiger partial charge in [0.2, 0.25) is 5.91 Å². The Labute approximate surface area is 200 Å². The van der Waals surface area contributed by atoms with Gasteiger partial charge in [-0.15, -0.1) is 0 Å². The molecule has 4 rings (SSSR count). The van der Waals surface area contributed by atoms with Crippen LogP contribution in [0.5, 0.6) is 0 Å². The van der Waals surface area contributed by atoms with Crippen LogP contribution in [0.1, 0.15) is 48.9 Å². The highest BCUT2D eigenvalue weighted by atomic mass is 35.5. The van der Waals surface area contributed by atoms with E-state index in [2.05, 4.69) is 10.6 Å². The minimum atomic E-state index is -0.513. The highest BCUT2D eigenvalue weighted by molar-refractivity contribution is 6.34. The number of imide groups is 1. The van der Waals surface area contributed by atoms with Crippen LogP contribution in [-0.4, -0.2) is 68.7 Å². The molecule has 0 bridgehead atoms. The fourth-order valence-electron chi connectivity index (χ4n) is 4.80. The predicted octanol–water partition coefficient (Wildman–Crippen LogP) is 3.04. The van der Waals surface area contributed by atoms with Crippen molar-refractivity contribution in [2.75, 3.05) is 50.8 Å². The smallest absolute Gasteiger partial charge is 0.328 e. The van der Waals surface area contributed by atoms with E-state index in [1.54, 1.807) is 18.2 Å². The van der Waals surface area contributed by atoms with Gasteiger partial charge in [-0.3, -0.25) is 19.8 Å². The topological polar surface area (TPSA) is 91.0 Å². The van der Waals surface area contributed by atoms with E-state index in [9.17, 15) is 14.4 Å². The van der Waals surface area contributed by atoms with Gasteiger partial charge in [-0.2, -0.15) is 0 Å². The van der Waals surface area contributed by atoms with E-state index in [1.165, 1.54) is 17.7 Å². The summed E-state index contributed by atoms with van der Waals surface area (Å²) in [5.74, 6) is 0.907. The van der Waals surface area contributed by atoms with Crippen molar-refractivity contribution in [1.82, 2.24) is 15.5 Å². The number of nitrogens with one attached hydrogen (secondary N) is 2. The minimum absolute atomic E-state index is 0.0537. The van der Waals surface area contributed by atoms with Gasteiger partial charge in [0.05, 0.1) is 10.7 Å². The molecule has 0 radical (unpaired) electrons. The van der Waals surface area contributed by atoms with Gasteiger partial charge in [-0.25, -0.2) is 4.79 Å². The fourth-order valence-corrected chi connectivity index (χ4v) is 5.02. The summed E-state index contributed by atoms with van der Waals surface area (Å²) in [4.78, 5) is 40.0. The van der Waals surface area contributed by atoms with Crippen LogP contribution in [0.15, 0.2) is 18.2 Å². The van der Waals surface area contributed by atoms with E-state index in [0.717, 1.165) is 45.6 Å². The van der Waals surface area contributed by atoms with Gasteiger partial charge in [0.15, 0.2) is 0 Å². The number of rotatable bonds is 7. The molecule has 0 aromatic heterocycles. The normalized spacial score (nSPS) is 20.8. The maximum atomic E-state index is 13.1. The number of nitrogens with zero attached hydrogens (tertiary/aromatic N) is 2. The number of hydrogen-bond donors (Lipinski definition) is 2. The average molecular weight is 477 g/mol. The molecule has 8 nitrogen and oxygen atoms in total. The zero-order chi connectivity index (χ0) is 23.2. The Morgan fingerprint density at radius 2 is 1.82 bits per heavy atom. The number of piperidine rings is 2. The lowest BCUT2D eigenvalue weighted by atomic mass is 9.93. The van der Waals surface area contributed by atoms with Crippen molar-refractivity contribution in [2.24, 2.45) is 11.8 Å². The van der Waals surface area contributed by atoms with Crippen molar-refractivity contribution in [2.45, 2.75) is 38.5 Å². The minimum Gasteiger partial charge on any atom is -0.381 e. The van der Waals surface area contributed by atoms with Crippen molar-refractivity contribution in [1.29, 1.82) is 0 Å². The number of hydrogen-bond acceptors (Lipinski definition) is 5. The van der Waals surface area contributed by atoms with E-state index >= 15 is 0 Å². The second-order valence-corrected chi connectivity index (χ2v) is 9.62. The molecule has 4 amide bonds. The maximum Gasteiger partial charge on any atom is 0.328 e. The largest absolute Gasteiger partial charge is 0.381 e. The van der Waals surface area contributed by atoms with Gasteiger partial charge < -0.3 is 15.0 Å². The van der Waals surface area contributed by atoms with Crippen LogP contribution >= 0.6 is 11.6 Å². The fraction of sp³-hybridized carbons (Fsp3) is 0.625. The van der Waals surface area contributed by atoms with E-state index in [1.807, 2.05) is 4.90 Å². The lowest BCUT2D eigenvalue weighted by molar-refractivity contribution is -0.120. The molecule has 3 aliphatic heterocycles. The summed E-state index contributed by atoms with van der Waals surface area (Å²) in [7, 11) is 0. The van der Waals surface area contributed by atoms with Crippen LogP contribution in [0, 0.1) is 11.8 Å². The van der Waals surface area contributed by atoms with Crippen molar-refractivity contribution < 1.29 is 19.1 Å². The Morgan fingerprint density at radius 1 is 1.06 bits per heavy atom. The first-order valence-electron chi connectivity index (χ1n) is 12.0. The zero-order valence-electron chi connectivity index (χ0n) is 19.0. The summed E-state index contributed by atoms with van der Waals surface area (Å²) in [6, 6.07) is 4.48. The van der Waals surface area contributed by atoms with Crippen molar-refractivity contribution >= 4 is 35.1 Å². The molecule has 180 valence electrons. The Balaban J connectivity index is 1.25. The molecule has 33 heavy (non-hydrogen) atoms. The molecule has 3 fully saturated rings. The number of halogens is 1. The van der Waals surface area contributed by atoms with Gasteiger partial charge in [0.1, 0.15) is 0 Å². The first-order valence-corrected chi connectivity index (χ1v) is 12.4. The molecule has 3 saturated heterocycles. The maximum absolute atomic E-state index is 13.1. The van der Waals surface area contributed by atoms with Gasteiger partial charge in [0.25, 0.3) is 5.91 Å². The third-order valence-corrected chi connectivity index (χ3v) is 7.24. The van der Waals surface area contributed by atoms with Crippen molar-refractivity contribution in [3.63, 3.8) is 0 Å². The molecule has 2 N–H and O–H groups in total. The summed E-state index contributed by atoms with van der Waals surface area (Å²) < 4.78 is 5.94. The van der Waals surface area contributed by atoms with E-state index in [0.29, 0.717) is 41.2 Å². The number of ether oxygens (including phenoxy) is 1. The van der Waals surface area contributed by atoms with Gasteiger partial charge >= 0.3 is 6.03 Å². The first kappa shape index (κ1) is 24.0. The van der Waals surface area contributed by atoms with Gasteiger partial charge in [-0.05, 0) is 75.2 Å². The van der Waals surface area contributed by atoms with Crippen LogP contribution in [-0.2, 0) is 9.53 Å². The van der Waals surface area contributed by atoms with E-state index in [-0.39, 0.29) is 24.8 Å². The SMILES string of the molecule is O=C1CCN(c2cc(C(=O)N3CCC(CCOCC4CCNCC4)CC3)ccc2Cl)C(=O)N1. The molecule has 3 heterocycles. The first-order chi connectivity index (χ1) is 16.0. The summed E-state index contributed by atoms with van der Waals surface area (Å²) >= 11 is 6.30. The molecule has 1 aromatic rings. The van der Waals surface area contributed by atoms with Gasteiger partial charge in [-0.1, -0.05) is 11.6 Å². The molecule has 0 unspecified atom stereocenters. The second kappa shape index (κ2) is 11.3. The lowest BCUT2D eigenvalue weighted by Gasteiger charge is -2.33. The lowest BCUT2D eigenvalue weighted by Crippen LogP contribution is -2.49. The Bertz CT molecular complexity index is 866. The van der Waals surface area contributed by atoms with Crippen molar-refractivity contribution in [3.8, 4) is 0 Å². The van der Waals surface area contributed by atoms with E-state index < -0.39 is 6.03 Å². The van der Waals surface area contributed by atoms with Crippen LogP contribution < -0.4 is 15.5 Å². The van der Waals surface area contributed by atoms with Crippen LogP contribution in [0.25, 0.3) is 0 Å². The monoisotopic (exact) mass is 476 g/mol. The number of anilines is 1. The van der Waals surface area contributed by atoms with Crippen LogP contribution in [0.3, 0.4) is 0 Å². The molecular formula is C24H33ClN4O4. The predicted molar refractivity (Wildman–Crippen MR) is 127 cm³/mol. The van der Waals surface area contributed by atoms with Crippen molar-refractivity contribution in [3.05, 3.63) is 28.8 Å². The second-order valence-electron chi connectivity index (χ2n) is 9.21. The summed E-state index contributed by atoms with van der Waals surface area (Å²) in [6.45, 7) is 5.53. The highest BCUT2D eigenvalue weighted by Gasteiger charge is 2.28. The summed E-state index contributed by atoms with van der Waals surface area (Å²) in [5, 5.41) is 6.05. The molecule has 3 aliphatic rings. The molecule has 0 aliphatic carbocycles. The zero-order valence-corrected chi connectivity index (χ0v) is 19.7. The van der Waals surface area contributed by atoms with Crippen LogP contribution in [0.4, 0.5) is 10.5 Å². The summed E-state index contributed by atoms with van der Waals surface area (Å²) in [6.07, 6.45) is 5.59. The average Bonchev–Trinajstić information content (AvgIpc) is 2.83.